The number of rotatable bonds is 8. The van der Waals surface area contributed by atoms with Crippen LogP contribution < -0.4 is 10.2 Å². The van der Waals surface area contributed by atoms with E-state index in [9.17, 15) is 19.8 Å². The molecular weight excluding hydrogens is 338 g/mol. The zero-order valence-corrected chi connectivity index (χ0v) is 14.8. The highest BCUT2D eigenvalue weighted by molar-refractivity contribution is 5.96. The predicted molar refractivity (Wildman–Crippen MR) is 95.2 cm³/mol. The van der Waals surface area contributed by atoms with Crippen LogP contribution in [0.2, 0.25) is 0 Å². The van der Waals surface area contributed by atoms with Crippen LogP contribution in [0.4, 0.5) is 0 Å². The average Bonchev–Trinajstić information content (AvgIpc) is 2.97. The molecule has 0 radical (unpaired) electrons. The summed E-state index contributed by atoms with van der Waals surface area (Å²) in [5.41, 5.74) is 0.602. The number of aromatic nitrogens is 1. The maximum atomic E-state index is 12.1. The Balaban J connectivity index is 1.93. The second-order valence-electron chi connectivity index (χ2n) is 5.58. The van der Waals surface area contributed by atoms with Gasteiger partial charge in [-0.25, -0.2) is 4.79 Å². The minimum Gasteiger partial charge on any atom is -0.492 e. The number of carbonyl (C=O) groups excluding carboxylic acids is 2. The molecule has 1 amide bonds. The van der Waals surface area contributed by atoms with Crippen LogP contribution in [0.25, 0.3) is 0 Å². The highest BCUT2D eigenvalue weighted by Crippen LogP contribution is 2.19. The smallest absolute Gasteiger partial charge is 0.363 e. The van der Waals surface area contributed by atoms with Crippen LogP contribution in [0.1, 0.15) is 34.6 Å². The van der Waals surface area contributed by atoms with E-state index >= 15 is 0 Å². The summed E-state index contributed by atoms with van der Waals surface area (Å²) in [6, 6.07) is 8.29. The standard InChI is InChI=1S/C18H23N3O5/c1-3-20(4-2)12-11-19-17(24)13-5-7-14(8-6-13)18(25)26-21-15(22)9-10-16(21)23/h5-10,22-23H,3-4,11-12H2,1-2H3,(H,19,24). The first kappa shape index (κ1) is 19.3. The molecule has 2 aromatic rings. The summed E-state index contributed by atoms with van der Waals surface area (Å²) >= 11 is 0. The maximum absolute atomic E-state index is 12.1. The molecule has 2 rings (SSSR count). The number of nitrogens with one attached hydrogen (secondary N) is 1. The van der Waals surface area contributed by atoms with E-state index in [1.807, 2.05) is 0 Å². The summed E-state index contributed by atoms with van der Waals surface area (Å²) in [5, 5.41) is 21.8. The molecule has 0 aliphatic heterocycles. The van der Waals surface area contributed by atoms with Gasteiger partial charge >= 0.3 is 5.97 Å². The minimum absolute atomic E-state index is 0.178. The van der Waals surface area contributed by atoms with Crippen molar-refractivity contribution in [2.24, 2.45) is 0 Å². The molecule has 1 aromatic carbocycles. The quantitative estimate of drug-likeness (QED) is 0.654. The van der Waals surface area contributed by atoms with Crippen LogP contribution in [-0.2, 0) is 0 Å². The van der Waals surface area contributed by atoms with E-state index in [-0.39, 0.29) is 11.5 Å². The monoisotopic (exact) mass is 361 g/mol. The first-order chi connectivity index (χ1) is 12.5. The van der Waals surface area contributed by atoms with Gasteiger partial charge in [-0.1, -0.05) is 13.8 Å². The second kappa shape index (κ2) is 8.91. The van der Waals surface area contributed by atoms with Crippen molar-refractivity contribution in [1.29, 1.82) is 0 Å². The van der Waals surface area contributed by atoms with Crippen LogP contribution in [0, 0.1) is 0 Å². The average molecular weight is 361 g/mol. The molecule has 0 saturated carbocycles. The minimum atomic E-state index is -0.778. The van der Waals surface area contributed by atoms with Crippen molar-refractivity contribution < 1.29 is 24.6 Å². The van der Waals surface area contributed by atoms with Gasteiger partial charge in [0, 0.05) is 30.8 Å². The molecule has 8 heteroatoms. The van der Waals surface area contributed by atoms with Crippen molar-refractivity contribution in [2.75, 3.05) is 26.2 Å². The SMILES string of the molecule is CCN(CC)CCNC(=O)c1ccc(C(=O)On2c(O)ccc2O)cc1. The van der Waals surface area contributed by atoms with Crippen molar-refractivity contribution in [1.82, 2.24) is 14.9 Å². The van der Waals surface area contributed by atoms with Crippen molar-refractivity contribution >= 4 is 11.9 Å². The van der Waals surface area contributed by atoms with Crippen molar-refractivity contribution in [2.45, 2.75) is 13.8 Å². The highest BCUT2D eigenvalue weighted by Gasteiger charge is 2.15. The Hall–Kier alpha value is -3.00. The lowest BCUT2D eigenvalue weighted by Crippen LogP contribution is -2.34. The zero-order valence-electron chi connectivity index (χ0n) is 14.8. The Morgan fingerprint density at radius 2 is 1.54 bits per heavy atom. The summed E-state index contributed by atoms with van der Waals surface area (Å²) in [5.74, 6) is -1.81. The van der Waals surface area contributed by atoms with Gasteiger partial charge in [0.2, 0.25) is 11.8 Å². The Labute approximate surface area is 151 Å². The summed E-state index contributed by atoms with van der Waals surface area (Å²) in [7, 11) is 0. The first-order valence-corrected chi connectivity index (χ1v) is 8.39. The zero-order chi connectivity index (χ0) is 19.1. The molecule has 1 heterocycles. The van der Waals surface area contributed by atoms with Crippen LogP contribution in [0.5, 0.6) is 11.8 Å². The van der Waals surface area contributed by atoms with E-state index in [1.54, 1.807) is 0 Å². The number of likely N-dealkylation sites (N-methyl/N-ethyl adjacent to an activating group) is 1. The molecule has 0 aliphatic carbocycles. The molecule has 0 aliphatic rings. The van der Waals surface area contributed by atoms with E-state index in [4.69, 9.17) is 4.84 Å². The largest absolute Gasteiger partial charge is 0.492 e. The molecule has 0 unspecified atom stereocenters. The molecule has 0 spiro atoms. The normalized spacial score (nSPS) is 10.7. The summed E-state index contributed by atoms with van der Waals surface area (Å²) < 4.78 is 0.607. The second-order valence-corrected chi connectivity index (χ2v) is 5.58. The molecule has 8 nitrogen and oxygen atoms in total. The number of amides is 1. The number of aromatic hydroxyl groups is 2. The van der Waals surface area contributed by atoms with Gasteiger partial charge in [0.1, 0.15) is 0 Å². The third-order valence-corrected chi connectivity index (χ3v) is 3.96. The van der Waals surface area contributed by atoms with Crippen LogP contribution in [0.15, 0.2) is 36.4 Å². The lowest BCUT2D eigenvalue weighted by atomic mass is 10.1. The van der Waals surface area contributed by atoms with Gasteiger partial charge in [-0.2, -0.15) is 0 Å². The first-order valence-electron chi connectivity index (χ1n) is 8.39. The van der Waals surface area contributed by atoms with Crippen molar-refractivity contribution in [3.8, 4) is 11.8 Å². The van der Waals surface area contributed by atoms with Crippen LogP contribution in [0.3, 0.4) is 0 Å². The molecule has 0 atom stereocenters. The molecule has 0 bridgehead atoms. The van der Waals surface area contributed by atoms with Gasteiger partial charge in [0.15, 0.2) is 0 Å². The maximum Gasteiger partial charge on any atom is 0.363 e. The molecule has 140 valence electrons. The number of carbonyl (C=O) groups is 2. The molecule has 0 fully saturated rings. The fraction of sp³-hybridized carbons (Fsp3) is 0.333. The predicted octanol–water partition coefficient (Wildman–Crippen LogP) is 1.24. The van der Waals surface area contributed by atoms with E-state index in [2.05, 4.69) is 24.1 Å². The fourth-order valence-electron chi connectivity index (χ4n) is 2.36. The van der Waals surface area contributed by atoms with Crippen LogP contribution >= 0.6 is 0 Å². The number of hydrogen-bond donors (Lipinski definition) is 3. The summed E-state index contributed by atoms with van der Waals surface area (Å²) in [6.07, 6.45) is 0. The third-order valence-electron chi connectivity index (χ3n) is 3.96. The van der Waals surface area contributed by atoms with Gasteiger partial charge in [0.25, 0.3) is 5.91 Å². The molecular formula is C18H23N3O5. The van der Waals surface area contributed by atoms with E-state index in [1.165, 1.54) is 36.4 Å². The van der Waals surface area contributed by atoms with E-state index < -0.39 is 17.7 Å². The van der Waals surface area contributed by atoms with Gasteiger partial charge in [-0.3, -0.25) is 4.79 Å². The Morgan fingerprint density at radius 3 is 2.08 bits per heavy atom. The number of nitrogens with zero attached hydrogens (tertiary/aromatic N) is 2. The molecule has 0 saturated heterocycles. The number of benzene rings is 1. The molecule has 1 aromatic heterocycles. The number of hydrogen-bond acceptors (Lipinski definition) is 6. The third kappa shape index (κ3) is 4.76. The Morgan fingerprint density at radius 1 is 1.00 bits per heavy atom. The van der Waals surface area contributed by atoms with Crippen molar-refractivity contribution in [3.05, 3.63) is 47.5 Å². The molecule has 26 heavy (non-hydrogen) atoms. The van der Waals surface area contributed by atoms with E-state index in [0.717, 1.165) is 19.6 Å². The molecule has 3 N–H and O–H groups in total. The lowest BCUT2D eigenvalue weighted by Gasteiger charge is -2.17. The lowest BCUT2D eigenvalue weighted by molar-refractivity contribution is 0.0381. The van der Waals surface area contributed by atoms with E-state index in [0.29, 0.717) is 16.8 Å². The summed E-state index contributed by atoms with van der Waals surface area (Å²) in [6.45, 7) is 7.29. The van der Waals surface area contributed by atoms with Crippen LogP contribution in [-0.4, -0.2) is 57.9 Å². The van der Waals surface area contributed by atoms with Gasteiger partial charge in [-0.05, 0) is 37.4 Å². The highest BCUT2D eigenvalue weighted by atomic mass is 16.7. The Bertz CT molecular complexity index is 731. The van der Waals surface area contributed by atoms with Gasteiger partial charge in [-0.15, -0.1) is 4.73 Å². The van der Waals surface area contributed by atoms with Gasteiger partial charge in [0.05, 0.1) is 5.56 Å². The van der Waals surface area contributed by atoms with Crippen molar-refractivity contribution in [3.63, 3.8) is 0 Å². The Kier molecular flexibility index (Phi) is 6.62. The summed E-state index contributed by atoms with van der Waals surface area (Å²) in [4.78, 5) is 31.2. The topological polar surface area (TPSA) is 104 Å². The van der Waals surface area contributed by atoms with Gasteiger partial charge < -0.3 is 25.3 Å². The fourth-order valence-corrected chi connectivity index (χ4v) is 2.36.